The first-order valence-corrected chi connectivity index (χ1v) is 8.77. The Morgan fingerprint density at radius 2 is 2.00 bits per heavy atom. The van der Waals surface area contributed by atoms with Gasteiger partial charge in [0.15, 0.2) is 0 Å². The Kier molecular flexibility index (Phi) is 5.84. The summed E-state index contributed by atoms with van der Waals surface area (Å²) >= 11 is 0. The molecule has 0 radical (unpaired) electrons. The molecule has 2 saturated heterocycles. The van der Waals surface area contributed by atoms with E-state index in [1.807, 2.05) is 18.0 Å². The Morgan fingerprint density at radius 1 is 1.29 bits per heavy atom. The lowest BCUT2D eigenvalue weighted by atomic mass is 9.98. The minimum atomic E-state index is 0.193. The fourth-order valence-electron chi connectivity index (χ4n) is 3.38. The normalized spacial score (nSPS) is 25.9. The van der Waals surface area contributed by atoms with E-state index in [9.17, 15) is 4.79 Å². The summed E-state index contributed by atoms with van der Waals surface area (Å²) in [6.45, 7) is 5.35. The molecule has 2 heterocycles. The number of amides is 1. The molecule has 1 amide bonds. The highest BCUT2D eigenvalue weighted by Gasteiger charge is 2.31. The maximum Gasteiger partial charge on any atom is 0.236 e. The second-order valence-corrected chi connectivity index (χ2v) is 6.74. The van der Waals surface area contributed by atoms with Crippen molar-refractivity contribution in [3.63, 3.8) is 0 Å². The van der Waals surface area contributed by atoms with Gasteiger partial charge in [-0.2, -0.15) is 0 Å². The van der Waals surface area contributed by atoms with Gasteiger partial charge in [0.2, 0.25) is 5.91 Å². The molecule has 2 aliphatic heterocycles. The van der Waals surface area contributed by atoms with Crippen LogP contribution in [0.2, 0.25) is 0 Å². The zero-order chi connectivity index (χ0) is 16.9. The number of carbonyl (C=O) groups excluding carboxylic acids is 1. The smallest absolute Gasteiger partial charge is 0.236 e. The number of morpholine rings is 1. The van der Waals surface area contributed by atoms with Gasteiger partial charge < -0.3 is 9.64 Å². The Morgan fingerprint density at radius 3 is 2.71 bits per heavy atom. The largest absolute Gasteiger partial charge is 0.378 e. The predicted octanol–water partition coefficient (Wildman–Crippen LogP) is 0.773. The van der Waals surface area contributed by atoms with Crippen molar-refractivity contribution in [1.29, 1.82) is 0 Å². The van der Waals surface area contributed by atoms with Crippen molar-refractivity contribution in [1.82, 2.24) is 20.7 Å². The molecule has 3 unspecified atom stereocenters. The molecular formula is C18H28N4O2. The highest BCUT2D eigenvalue weighted by molar-refractivity contribution is 5.78. The van der Waals surface area contributed by atoms with E-state index in [2.05, 4.69) is 46.9 Å². The second-order valence-electron chi connectivity index (χ2n) is 6.74. The van der Waals surface area contributed by atoms with Crippen LogP contribution in [0.4, 0.5) is 0 Å². The van der Waals surface area contributed by atoms with Gasteiger partial charge in [-0.15, -0.1) is 0 Å². The van der Waals surface area contributed by atoms with Crippen molar-refractivity contribution in [3.05, 3.63) is 35.9 Å². The molecule has 132 valence electrons. The van der Waals surface area contributed by atoms with E-state index in [1.165, 1.54) is 5.56 Å². The summed E-state index contributed by atoms with van der Waals surface area (Å²) in [5.41, 5.74) is 8.09. The van der Waals surface area contributed by atoms with E-state index in [1.54, 1.807) is 0 Å². The van der Waals surface area contributed by atoms with Crippen molar-refractivity contribution in [3.8, 4) is 0 Å². The summed E-state index contributed by atoms with van der Waals surface area (Å²) in [7, 11) is 2.03. The van der Waals surface area contributed by atoms with Crippen molar-refractivity contribution in [2.24, 2.45) is 0 Å². The average Bonchev–Trinajstić information content (AvgIpc) is 3.12. The fraction of sp³-hybridized carbons (Fsp3) is 0.611. The van der Waals surface area contributed by atoms with Crippen molar-refractivity contribution < 1.29 is 9.53 Å². The Balaban J connectivity index is 1.50. The van der Waals surface area contributed by atoms with E-state index in [-0.39, 0.29) is 11.9 Å². The molecule has 2 aliphatic rings. The third-order valence-electron chi connectivity index (χ3n) is 5.16. The molecule has 0 bridgehead atoms. The Labute approximate surface area is 144 Å². The molecule has 24 heavy (non-hydrogen) atoms. The van der Waals surface area contributed by atoms with Crippen LogP contribution in [0.25, 0.3) is 0 Å². The van der Waals surface area contributed by atoms with Gasteiger partial charge in [-0.1, -0.05) is 30.3 Å². The van der Waals surface area contributed by atoms with Gasteiger partial charge in [0, 0.05) is 31.2 Å². The van der Waals surface area contributed by atoms with Crippen LogP contribution >= 0.6 is 0 Å². The first-order valence-electron chi connectivity index (χ1n) is 8.77. The summed E-state index contributed by atoms with van der Waals surface area (Å²) in [6.07, 6.45) is 1.02. The molecule has 2 N–H and O–H groups in total. The van der Waals surface area contributed by atoms with E-state index >= 15 is 0 Å². The topological polar surface area (TPSA) is 56.8 Å². The number of hydrazine groups is 1. The number of hydrogen-bond acceptors (Lipinski definition) is 5. The van der Waals surface area contributed by atoms with Gasteiger partial charge in [-0.05, 0) is 26.0 Å². The van der Waals surface area contributed by atoms with Gasteiger partial charge in [-0.25, -0.2) is 5.43 Å². The Hall–Kier alpha value is -1.47. The third kappa shape index (κ3) is 4.13. The molecule has 1 aromatic rings. The maximum atomic E-state index is 12.4. The highest BCUT2D eigenvalue weighted by atomic mass is 16.5. The lowest BCUT2D eigenvalue weighted by Gasteiger charge is -2.32. The Bertz CT molecular complexity index is 533. The van der Waals surface area contributed by atoms with Crippen LogP contribution in [-0.2, 0) is 9.53 Å². The number of hydrogen-bond donors (Lipinski definition) is 2. The van der Waals surface area contributed by atoms with Gasteiger partial charge >= 0.3 is 0 Å². The van der Waals surface area contributed by atoms with Gasteiger partial charge in [-0.3, -0.25) is 15.1 Å². The molecule has 0 spiro atoms. The van der Waals surface area contributed by atoms with Gasteiger partial charge in [0.1, 0.15) is 0 Å². The third-order valence-corrected chi connectivity index (χ3v) is 5.16. The van der Waals surface area contributed by atoms with Crippen LogP contribution in [0.1, 0.15) is 24.9 Å². The number of rotatable bonds is 5. The average molecular weight is 332 g/mol. The molecule has 0 saturated carbocycles. The molecule has 6 heteroatoms. The van der Waals surface area contributed by atoms with Gasteiger partial charge in [0.25, 0.3) is 0 Å². The van der Waals surface area contributed by atoms with Crippen LogP contribution in [0.5, 0.6) is 0 Å². The minimum Gasteiger partial charge on any atom is -0.378 e. The zero-order valence-corrected chi connectivity index (χ0v) is 14.6. The first kappa shape index (κ1) is 17.4. The van der Waals surface area contributed by atoms with Gasteiger partial charge in [0.05, 0.1) is 19.8 Å². The van der Waals surface area contributed by atoms with Crippen LogP contribution in [0.15, 0.2) is 30.3 Å². The lowest BCUT2D eigenvalue weighted by Crippen LogP contribution is -2.51. The molecule has 6 nitrogen and oxygen atoms in total. The highest BCUT2D eigenvalue weighted by Crippen LogP contribution is 2.24. The monoisotopic (exact) mass is 332 g/mol. The SMILES string of the molecule is CC(C1CC(c2ccccc2)NN1)N(C)CC(=O)N1CCOCC1. The predicted molar refractivity (Wildman–Crippen MR) is 93.4 cm³/mol. The van der Waals surface area contributed by atoms with E-state index < -0.39 is 0 Å². The number of nitrogens with zero attached hydrogens (tertiary/aromatic N) is 2. The van der Waals surface area contributed by atoms with E-state index in [0.717, 1.165) is 6.42 Å². The van der Waals surface area contributed by atoms with Crippen LogP contribution in [-0.4, -0.2) is 67.7 Å². The molecule has 2 fully saturated rings. The van der Waals surface area contributed by atoms with Crippen LogP contribution in [0, 0.1) is 0 Å². The summed E-state index contributed by atoms with van der Waals surface area (Å²) in [5, 5.41) is 0. The van der Waals surface area contributed by atoms with Crippen LogP contribution in [0.3, 0.4) is 0 Å². The van der Waals surface area contributed by atoms with Crippen LogP contribution < -0.4 is 10.9 Å². The number of likely N-dealkylation sites (N-methyl/N-ethyl adjacent to an activating group) is 1. The lowest BCUT2D eigenvalue weighted by molar-refractivity contribution is -0.136. The number of nitrogens with one attached hydrogen (secondary N) is 2. The van der Waals surface area contributed by atoms with Crippen molar-refractivity contribution in [2.45, 2.75) is 31.5 Å². The molecule has 0 aliphatic carbocycles. The van der Waals surface area contributed by atoms with E-state index in [0.29, 0.717) is 44.9 Å². The summed E-state index contributed by atoms with van der Waals surface area (Å²) < 4.78 is 5.31. The zero-order valence-electron chi connectivity index (χ0n) is 14.6. The number of benzene rings is 1. The molecule has 0 aromatic heterocycles. The molecule has 1 aromatic carbocycles. The minimum absolute atomic E-state index is 0.193. The first-order chi connectivity index (χ1) is 11.6. The second kappa shape index (κ2) is 8.07. The van der Waals surface area contributed by atoms with E-state index in [4.69, 9.17) is 4.74 Å². The standard InChI is InChI=1S/C18H28N4O2/c1-14(21(2)13-18(23)22-8-10-24-11-9-22)16-12-17(20-19-16)15-6-4-3-5-7-15/h3-7,14,16-17,19-20H,8-13H2,1-2H3. The summed E-state index contributed by atoms with van der Waals surface area (Å²) in [6, 6.07) is 11.4. The summed E-state index contributed by atoms with van der Waals surface area (Å²) in [4.78, 5) is 16.5. The summed E-state index contributed by atoms with van der Waals surface area (Å²) in [5.74, 6) is 0.193. The quantitative estimate of drug-likeness (QED) is 0.834. The fourth-order valence-corrected chi connectivity index (χ4v) is 3.38. The maximum absolute atomic E-state index is 12.4. The molecular weight excluding hydrogens is 304 g/mol. The number of ether oxygens (including phenoxy) is 1. The molecule has 3 rings (SSSR count). The van der Waals surface area contributed by atoms with Crippen molar-refractivity contribution >= 4 is 5.91 Å². The molecule has 3 atom stereocenters. The number of carbonyl (C=O) groups is 1. The van der Waals surface area contributed by atoms with Crippen molar-refractivity contribution in [2.75, 3.05) is 39.9 Å².